The van der Waals surface area contributed by atoms with Crippen molar-refractivity contribution in [3.63, 3.8) is 0 Å². The van der Waals surface area contributed by atoms with Crippen LogP contribution in [-0.4, -0.2) is 55.2 Å². The van der Waals surface area contributed by atoms with Gasteiger partial charge in [-0.1, -0.05) is 0 Å². The van der Waals surface area contributed by atoms with Crippen molar-refractivity contribution in [3.8, 4) is 11.5 Å². The molecule has 3 heterocycles. The fraction of sp³-hybridized carbons (Fsp3) is 0.579. The number of nitrogens with zero attached hydrogens (tertiary/aromatic N) is 1. The van der Waals surface area contributed by atoms with E-state index in [1.165, 1.54) is 0 Å². The quantitative estimate of drug-likeness (QED) is 0.705. The highest BCUT2D eigenvalue weighted by Crippen LogP contribution is 2.33. The van der Waals surface area contributed by atoms with Gasteiger partial charge in [0.2, 0.25) is 12.7 Å². The van der Waals surface area contributed by atoms with Gasteiger partial charge in [-0.25, -0.2) is 0 Å². The van der Waals surface area contributed by atoms with Gasteiger partial charge in [0.1, 0.15) is 0 Å². The molecule has 0 radical (unpaired) electrons. The first-order valence-corrected chi connectivity index (χ1v) is 9.65. The van der Waals surface area contributed by atoms with Gasteiger partial charge >= 0.3 is 0 Å². The summed E-state index contributed by atoms with van der Waals surface area (Å²) in [6.07, 6.45) is 3.13. The van der Waals surface area contributed by atoms with Crippen LogP contribution >= 0.6 is 0 Å². The number of carbonyl (C=O) groups excluding carboxylic acids is 2. The Morgan fingerprint density at radius 2 is 2.00 bits per heavy atom. The van der Waals surface area contributed by atoms with Gasteiger partial charge in [0.15, 0.2) is 11.5 Å². The second kappa shape index (κ2) is 6.69. The number of rotatable bonds is 3. The average molecular weight is 372 g/mol. The maximum atomic E-state index is 12.6. The van der Waals surface area contributed by atoms with Crippen molar-refractivity contribution >= 4 is 11.8 Å². The van der Waals surface area contributed by atoms with E-state index in [0.29, 0.717) is 42.1 Å². The highest BCUT2D eigenvalue weighted by Gasteiger charge is 2.39. The molecule has 2 saturated heterocycles. The third-order valence-electron chi connectivity index (χ3n) is 6.15. The Hall–Kier alpha value is -2.32. The monoisotopic (exact) mass is 372 g/mol. The third kappa shape index (κ3) is 3.12. The number of nitrogens with one attached hydrogen (secondary N) is 3. The molecule has 8 heteroatoms. The summed E-state index contributed by atoms with van der Waals surface area (Å²) in [7, 11) is 0. The lowest BCUT2D eigenvalue weighted by molar-refractivity contribution is -0.130. The second-order valence-corrected chi connectivity index (χ2v) is 7.89. The molecule has 3 aliphatic heterocycles. The molecule has 0 bridgehead atoms. The Bertz CT molecular complexity index is 764. The zero-order valence-corrected chi connectivity index (χ0v) is 15.1. The first-order chi connectivity index (χ1) is 13.2. The number of amides is 2. The average Bonchev–Trinajstić information content (AvgIpc) is 3.28. The first kappa shape index (κ1) is 16.8. The minimum absolute atomic E-state index is 0.0687. The Balaban J connectivity index is 1.12. The molecule has 1 aromatic rings. The van der Waals surface area contributed by atoms with E-state index in [4.69, 9.17) is 9.47 Å². The zero-order valence-electron chi connectivity index (χ0n) is 15.1. The summed E-state index contributed by atoms with van der Waals surface area (Å²) in [6.45, 7) is 2.15. The number of ether oxygens (including phenoxy) is 2. The number of hydrogen-bond acceptors (Lipinski definition) is 6. The van der Waals surface area contributed by atoms with Crippen molar-refractivity contribution in [3.05, 3.63) is 23.8 Å². The Labute approximate surface area is 157 Å². The topological polar surface area (TPSA) is 91.9 Å². The van der Waals surface area contributed by atoms with Crippen LogP contribution in [0.2, 0.25) is 0 Å². The summed E-state index contributed by atoms with van der Waals surface area (Å²) in [5, 5.41) is 3.19. The molecular weight excluding hydrogens is 348 g/mol. The van der Waals surface area contributed by atoms with E-state index in [0.717, 1.165) is 25.8 Å². The zero-order chi connectivity index (χ0) is 18.4. The summed E-state index contributed by atoms with van der Waals surface area (Å²) >= 11 is 0. The predicted molar refractivity (Wildman–Crippen MR) is 96.2 cm³/mol. The van der Waals surface area contributed by atoms with Crippen molar-refractivity contribution in [1.82, 2.24) is 21.1 Å². The molecule has 144 valence electrons. The number of carbonyl (C=O) groups is 2. The standard InChI is InChI=1S/C19H24N4O4/c24-18(21-14-3-1-12-7-20-22-15(12)6-14)13-8-23(9-13)19(25)11-2-4-16-17(5-11)27-10-26-16/h2,4-5,12-15,20,22H,1,3,6-10H2,(H,21,24). The van der Waals surface area contributed by atoms with Crippen LogP contribution in [0.3, 0.4) is 0 Å². The lowest BCUT2D eigenvalue weighted by Gasteiger charge is -2.40. The van der Waals surface area contributed by atoms with Crippen molar-refractivity contribution in [2.45, 2.75) is 31.3 Å². The smallest absolute Gasteiger partial charge is 0.254 e. The maximum Gasteiger partial charge on any atom is 0.254 e. The highest BCUT2D eigenvalue weighted by molar-refractivity contribution is 5.96. The number of benzene rings is 1. The first-order valence-electron chi connectivity index (χ1n) is 9.65. The summed E-state index contributed by atoms with van der Waals surface area (Å²) in [4.78, 5) is 26.8. The maximum absolute atomic E-state index is 12.6. The van der Waals surface area contributed by atoms with Gasteiger partial charge in [-0.2, -0.15) is 0 Å². The van der Waals surface area contributed by atoms with E-state index in [-0.39, 0.29) is 30.6 Å². The highest BCUT2D eigenvalue weighted by atomic mass is 16.7. The van der Waals surface area contributed by atoms with Crippen LogP contribution in [0.4, 0.5) is 0 Å². The largest absolute Gasteiger partial charge is 0.454 e. The molecule has 3 unspecified atom stereocenters. The van der Waals surface area contributed by atoms with Gasteiger partial charge in [0.05, 0.1) is 5.92 Å². The summed E-state index contributed by atoms with van der Waals surface area (Å²) in [6, 6.07) is 5.88. The van der Waals surface area contributed by atoms with Crippen molar-refractivity contribution in [2.24, 2.45) is 11.8 Å². The molecule has 3 fully saturated rings. The van der Waals surface area contributed by atoms with E-state index in [1.807, 2.05) is 0 Å². The van der Waals surface area contributed by atoms with E-state index in [2.05, 4.69) is 16.2 Å². The van der Waals surface area contributed by atoms with Gasteiger partial charge in [-0.15, -0.1) is 0 Å². The third-order valence-corrected chi connectivity index (χ3v) is 6.15. The van der Waals surface area contributed by atoms with Crippen LogP contribution in [0.25, 0.3) is 0 Å². The lowest BCUT2D eigenvalue weighted by Crippen LogP contribution is -2.57. The van der Waals surface area contributed by atoms with Crippen molar-refractivity contribution in [1.29, 1.82) is 0 Å². The molecule has 1 aromatic carbocycles. The van der Waals surface area contributed by atoms with Crippen LogP contribution in [-0.2, 0) is 4.79 Å². The molecule has 27 heavy (non-hydrogen) atoms. The van der Waals surface area contributed by atoms with Gasteiger partial charge in [-0.3, -0.25) is 20.4 Å². The van der Waals surface area contributed by atoms with Crippen LogP contribution in [0.5, 0.6) is 11.5 Å². The molecule has 0 spiro atoms. The van der Waals surface area contributed by atoms with E-state index < -0.39 is 0 Å². The van der Waals surface area contributed by atoms with Crippen LogP contribution < -0.4 is 25.6 Å². The molecule has 5 rings (SSSR count). The van der Waals surface area contributed by atoms with E-state index in [1.54, 1.807) is 23.1 Å². The number of likely N-dealkylation sites (tertiary alicyclic amines) is 1. The number of fused-ring (bicyclic) bond motifs is 2. The normalized spacial score (nSPS) is 29.2. The Kier molecular flexibility index (Phi) is 4.17. The van der Waals surface area contributed by atoms with Gasteiger partial charge in [-0.05, 0) is 43.4 Å². The molecule has 2 amide bonds. The van der Waals surface area contributed by atoms with Crippen molar-refractivity contribution < 1.29 is 19.1 Å². The summed E-state index contributed by atoms with van der Waals surface area (Å²) < 4.78 is 10.6. The molecule has 3 atom stereocenters. The fourth-order valence-corrected chi connectivity index (χ4v) is 4.45. The summed E-state index contributed by atoms with van der Waals surface area (Å²) in [5.41, 5.74) is 7.08. The van der Waals surface area contributed by atoms with Gasteiger partial charge in [0.25, 0.3) is 5.91 Å². The molecule has 1 aliphatic carbocycles. The molecule has 1 saturated carbocycles. The number of hydrogen-bond donors (Lipinski definition) is 3. The summed E-state index contributed by atoms with van der Waals surface area (Å²) in [5.74, 6) is 1.82. The molecule has 0 aromatic heterocycles. The van der Waals surface area contributed by atoms with E-state index >= 15 is 0 Å². The predicted octanol–water partition coefficient (Wildman–Crippen LogP) is 0.249. The van der Waals surface area contributed by atoms with Gasteiger partial charge in [0, 0.05) is 37.3 Å². The minimum Gasteiger partial charge on any atom is -0.454 e. The Morgan fingerprint density at radius 3 is 2.89 bits per heavy atom. The molecule has 8 nitrogen and oxygen atoms in total. The second-order valence-electron chi connectivity index (χ2n) is 7.89. The van der Waals surface area contributed by atoms with Crippen LogP contribution in [0.1, 0.15) is 29.6 Å². The fourth-order valence-electron chi connectivity index (χ4n) is 4.45. The van der Waals surface area contributed by atoms with Crippen LogP contribution in [0, 0.1) is 11.8 Å². The lowest BCUT2D eigenvalue weighted by atomic mass is 9.83. The Morgan fingerprint density at radius 1 is 1.15 bits per heavy atom. The molecule has 4 aliphatic rings. The van der Waals surface area contributed by atoms with E-state index in [9.17, 15) is 9.59 Å². The molecule has 3 N–H and O–H groups in total. The van der Waals surface area contributed by atoms with Gasteiger partial charge < -0.3 is 19.7 Å². The number of hydrazine groups is 1. The SMILES string of the molecule is O=C(NC1CCC2CNNC2C1)C1CN(C(=O)c2ccc3c(c2)OCO3)C1. The minimum atomic E-state index is -0.115. The van der Waals surface area contributed by atoms with Crippen molar-refractivity contribution in [2.75, 3.05) is 26.4 Å². The van der Waals surface area contributed by atoms with Crippen LogP contribution in [0.15, 0.2) is 18.2 Å². The molecular formula is C19H24N4O4.